The van der Waals surface area contributed by atoms with E-state index in [-0.39, 0.29) is 11.8 Å². The second-order valence-corrected chi connectivity index (χ2v) is 6.29. The first-order valence-corrected chi connectivity index (χ1v) is 8.43. The third-order valence-corrected chi connectivity index (χ3v) is 4.63. The fourth-order valence-electron chi connectivity index (χ4n) is 3.14. The minimum Gasteiger partial charge on any atom is -0.495 e. The molecule has 1 aliphatic rings. The molecule has 4 heteroatoms. The predicted molar refractivity (Wildman–Crippen MR) is 97.7 cm³/mol. The second kappa shape index (κ2) is 7.39. The van der Waals surface area contributed by atoms with Crippen molar-refractivity contribution < 1.29 is 9.53 Å². The molecular weight excluding hydrogens is 300 g/mol. The van der Waals surface area contributed by atoms with Gasteiger partial charge in [-0.25, -0.2) is 0 Å². The standard InChI is InChI=1S/C20H24N2O2/c1-15-7-9-17(10-8-15)22-13-11-16(12-14-22)20(23)21-18-5-3-4-6-19(18)24-2/h3-10,16H,11-14H2,1-2H3,(H,21,23). The number of carbonyl (C=O) groups is 1. The number of ether oxygens (including phenoxy) is 1. The zero-order chi connectivity index (χ0) is 16.9. The number of amides is 1. The fourth-order valence-corrected chi connectivity index (χ4v) is 3.14. The van der Waals surface area contributed by atoms with Crippen molar-refractivity contribution >= 4 is 17.3 Å². The number of benzene rings is 2. The van der Waals surface area contributed by atoms with Gasteiger partial charge < -0.3 is 15.0 Å². The predicted octanol–water partition coefficient (Wildman–Crippen LogP) is 3.86. The first-order valence-electron chi connectivity index (χ1n) is 8.43. The lowest BCUT2D eigenvalue weighted by Crippen LogP contribution is -2.38. The normalized spacial score (nSPS) is 15.2. The molecule has 24 heavy (non-hydrogen) atoms. The third kappa shape index (κ3) is 3.70. The number of hydrogen-bond acceptors (Lipinski definition) is 3. The van der Waals surface area contributed by atoms with Crippen LogP contribution in [-0.2, 0) is 4.79 Å². The number of nitrogens with one attached hydrogen (secondary N) is 1. The number of rotatable bonds is 4. The van der Waals surface area contributed by atoms with Crippen LogP contribution in [0.4, 0.5) is 11.4 Å². The minimum absolute atomic E-state index is 0.0524. The molecule has 126 valence electrons. The lowest BCUT2D eigenvalue weighted by Gasteiger charge is -2.33. The molecule has 0 spiro atoms. The van der Waals surface area contributed by atoms with Gasteiger partial charge in [0.25, 0.3) is 0 Å². The lowest BCUT2D eigenvalue weighted by molar-refractivity contribution is -0.120. The van der Waals surface area contributed by atoms with Crippen LogP contribution in [0.3, 0.4) is 0 Å². The Labute approximate surface area is 143 Å². The van der Waals surface area contributed by atoms with Crippen molar-refractivity contribution in [2.24, 2.45) is 5.92 Å². The summed E-state index contributed by atoms with van der Waals surface area (Å²) in [7, 11) is 1.62. The topological polar surface area (TPSA) is 41.6 Å². The summed E-state index contributed by atoms with van der Waals surface area (Å²) in [5.74, 6) is 0.836. The average Bonchev–Trinajstić information content (AvgIpc) is 2.63. The van der Waals surface area contributed by atoms with Crippen LogP contribution in [0.2, 0.25) is 0 Å². The number of hydrogen-bond donors (Lipinski definition) is 1. The van der Waals surface area contributed by atoms with E-state index >= 15 is 0 Å². The zero-order valence-corrected chi connectivity index (χ0v) is 14.3. The number of nitrogens with zero attached hydrogens (tertiary/aromatic N) is 1. The van der Waals surface area contributed by atoms with E-state index in [1.165, 1.54) is 11.3 Å². The molecule has 1 saturated heterocycles. The Hall–Kier alpha value is -2.49. The Morgan fingerprint density at radius 1 is 1.08 bits per heavy atom. The van der Waals surface area contributed by atoms with Crippen LogP contribution in [-0.4, -0.2) is 26.1 Å². The maximum absolute atomic E-state index is 12.5. The Kier molecular flexibility index (Phi) is 5.04. The molecule has 3 rings (SSSR count). The monoisotopic (exact) mass is 324 g/mol. The van der Waals surface area contributed by atoms with Crippen LogP contribution in [0.25, 0.3) is 0 Å². The van der Waals surface area contributed by atoms with E-state index in [0.29, 0.717) is 5.75 Å². The van der Waals surface area contributed by atoms with E-state index in [1.54, 1.807) is 7.11 Å². The third-order valence-electron chi connectivity index (χ3n) is 4.63. The van der Waals surface area contributed by atoms with Gasteiger partial charge in [0, 0.05) is 24.7 Å². The van der Waals surface area contributed by atoms with Gasteiger partial charge >= 0.3 is 0 Å². The van der Waals surface area contributed by atoms with Crippen molar-refractivity contribution in [3.63, 3.8) is 0 Å². The second-order valence-electron chi connectivity index (χ2n) is 6.29. The van der Waals surface area contributed by atoms with E-state index in [2.05, 4.69) is 41.4 Å². The number of para-hydroxylation sites is 2. The van der Waals surface area contributed by atoms with Gasteiger partial charge in [0.2, 0.25) is 5.91 Å². The summed E-state index contributed by atoms with van der Waals surface area (Å²) >= 11 is 0. The number of carbonyl (C=O) groups excluding carboxylic acids is 1. The largest absolute Gasteiger partial charge is 0.495 e. The average molecular weight is 324 g/mol. The smallest absolute Gasteiger partial charge is 0.227 e. The van der Waals surface area contributed by atoms with E-state index in [1.807, 2.05) is 24.3 Å². The van der Waals surface area contributed by atoms with Crippen LogP contribution in [0.1, 0.15) is 18.4 Å². The van der Waals surface area contributed by atoms with Gasteiger partial charge in [-0.3, -0.25) is 4.79 Å². The van der Waals surface area contributed by atoms with Crippen molar-refractivity contribution in [2.75, 3.05) is 30.4 Å². The summed E-state index contributed by atoms with van der Waals surface area (Å²) in [4.78, 5) is 14.9. The van der Waals surface area contributed by atoms with E-state index in [9.17, 15) is 4.79 Å². The van der Waals surface area contributed by atoms with Crippen LogP contribution < -0.4 is 15.0 Å². The quantitative estimate of drug-likeness (QED) is 0.928. The molecule has 0 radical (unpaired) electrons. The molecule has 0 unspecified atom stereocenters. The first-order chi connectivity index (χ1) is 11.7. The summed E-state index contributed by atoms with van der Waals surface area (Å²) < 4.78 is 5.30. The highest BCUT2D eigenvalue weighted by Crippen LogP contribution is 2.27. The molecule has 4 nitrogen and oxygen atoms in total. The maximum Gasteiger partial charge on any atom is 0.227 e. The zero-order valence-electron chi connectivity index (χ0n) is 14.3. The summed E-state index contributed by atoms with van der Waals surface area (Å²) in [6.07, 6.45) is 1.74. The van der Waals surface area contributed by atoms with Crippen LogP contribution in [0, 0.1) is 12.8 Å². The van der Waals surface area contributed by atoms with E-state index in [0.717, 1.165) is 31.6 Å². The van der Waals surface area contributed by atoms with Gasteiger partial charge in [0.05, 0.1) is 12.8 Å². The van der Waals surface area contributed by atoms with Gasteiger partial charge in [-0.05, 0) is 44.0 Å². The molecule has 1 fully saturated rings. The molecule has 0 aromatic heterocycles. The van der Waals surface area contributed by atoms with E-state index in [4.69, 9.17) is 4.74 Å². The Morgan fingerprint density at radius 2 is 1.75 bits per heavy atom. The number of methoxy groups -OCH3 is 1. The SMILES string of the molecule is COc1ccccc1NC(=O)C1CCN(c2ccc(C)cc2)CC1. The molecule has 0 saturated carbocycles. The number of anilines is 2. The molecule has 1 aliphatic heterocycles. The van der Waals surface area contributed by atoms with Crippen LogP contribution >= 0.6 is 0 Å². The molecule has 0 atom stereocenters. The molecule has 0 bridgehead atoms. The summed E-state index contributed by atoms with van der Waals surface area (Å²) in [6, 6.07) is 16.1. The number of piperidine rings is 1. The van der Waals surface area contributed by atoms with Crippen molar-refractivity contribution in [2.45, 2.75) is 19.8 Å². The number of aryl methyl sites for hydroxylation is 1. The highest BCUT2D eigenvalue weighted by Gasteiger charge is 2.25. The summed E-state index contributed by atoms with van der Waals surface area (Å²) in [5, 5.41) is 3.01. The highest BCUT2D eigenvalue weighted by atomic mass is 16.5. The van der Waals surface area contributed by atoms with Gasteiger partial charge in [-0.15, -0.1) is 0 Å². The maximum atomic E-state index is 12.5. The first kappa shape index (κ1) is 16.4. The Bertz CT molecular complexity index is 689. The van der Waals surface area contributed by atoms with Gasteiger partial charge in [0.1, 0.15) is 5.75 Å². The van der Waals surface area contributed by atoms with Crippen molar-refractivity contribution in [1.82, 2.24) is 0 Å². The summed E-state index contributed by atoms with van der Waals surface area (Å²) in [5.41, 5.74) is 3.25. The van der Waals surface area contributed by atoms with Gasteiger partial charge in [-0.2, -0.15) is 0 Å². The highest BCUT2D eigenvalue weighted by molar-refractivity contribution is 5.94. The lowest BCUT2D eigenvalue weighted by atomic mass is 9.95. The minimum atomic E-state index is 0.0524. The molecule has 2 aromatic rings. The molecule has 1 N–H and O–H groups in total. The molecule has 2 aromatic carbocycles. The molecule has 1 heterocycles. The van der Waals surface area contributed by atoms with Crippen LogP contribution in [0.5, 0.6) is 5.75 Å². The van der Waals surface area contributed by atoms with Gasteiger partial charge in [0.15, 0.2) is 0 Å². The van der Waals surface area contributed by atoms with Crippen molar-refractivity contribution in [1.29, 1.82) is 0 Å². The summed E-state index contributed by atoms with van der Waals surface area (Å²) in [6.45, 7) is 3.92. The van der Waals surface area contributed by atoms with Gasteiger partial charge in [-0.1, -0.05) is 29.8 Å². The van der Waals surface area contributed by atoms with Crippen molar-refractivity contribution in [3.8, 4) is 5.75 Å². The van der Waals surface area contributed by atoms with E-state index < -0.39 is 0 Å². The molecular formula is C20H24N2O2. The van der Waals surface area contributed by atoms with Crippen molar-refractivity contribution in [3.05, 3.63) is 54.1 Å². The Balaban J connectivity index is 1.58. The molecule has 1 amide bonds. The Morgan fingerprint density at radius 3 is 2.42 bits per heavy atom. The van der Waals surface area contributed by atoms with Crippen LogP contribution in [0.15, 0.2) is 48.5 Å². The fraction of sp³-hybridized carbons (Fsp3) is 0.350. The molecule has 0 aliphatic carbocycles.